The van der Waals surface area contributed by atoms with E-state index in [1.54, 1.807) is 0 Å². The van der Waals surface area contributed by atoms with E-state index in [2.05, 4.69) is 5.32 Å². The van der Waals surface area contributed by atoms with E-state index in [-0.39, 0.29) is 0 Å². The second-order valence-electron chi connectivity index (χ2n) is 6.40. The van der Waals surface area contributed by atoms with Gasteiger partial charge < -0.3 is 15.8 Å². The Morgan fingerprint density at radius 2 is 1.71 bits per heavy atom. The van der Waals surface area contributed by atoms with Crippen molar-refractivity contribution >= 4 is 0 Å². The monoisotopic (exact) mass is 238 g/mol. The highest BCUT2D eigenvalue weighted by molar-refractivity contribution is 4.98. The van der Waals surface area contributed by atoms with Gasteiger partial charge in [-0.1, -0.05) is 0 Å². The van der Waals surface area contributed by atoms with Crippen LogP contribution in [0, 0.1) is 17.3 Å². The molecule has 0 aromatic rings. The molecule has 3 fully saturated rings. The highest BCUT2D eigenvalue weighted by Crippen LogP contribution is 2.45. The minimum atomic E-state index is 0.320. The van der Waals surface area contributed by atoms with Gasteiger partial charge in [0.05, 0.1) is 0 Å². The Hall–Kier alpha value is -0.120. The van der Waals surface area contributed by atoms with E-state index in [4.69, 9.17) is 10.5 Å². The third kappa shape index (κ3) is 2.83. The number of hydrogen-bond donors (Lipinski definition) is 2. The molecule has 3 aliphatic rings. The predicted octanol–water partition coefficient (Wildman–Crippen LogP) is 1.52. The van der Waals surface area contributed by atoms with Gasteiger partial charge >= 0.3 is 0 Å². The molecule has 0 unspecified atom stereocenters. The Morgan fingerprint density at radius 1 is 1.12 bits per heavy atom. The molecule has 3 nitrogen and oxygen atoms in total. The van der Waals surface area contributed by atoms with Crippen LogP contribution in [0.1, 0.15) is 38.5 Å². The molecule has 3 N–H and O–H groups in total. The van der Waals surface area contributed by atoms with Crippen LogP contribution >= 0.6 is 0 Å². The molecule has 0 radical (unpaired) electrons. The van der Waals surface area contributed by atoms with Crippen molar-refractivity contribution in [1.29, 1.82) is 0 Å². The van der Waals surface area contributed by atoms with Crippen LogP contribution in [0.4, 0.5) is 0 Å². The summed E-state index contributed by atoms with van der Waals surface area (Å²) < 4.78 is 5.47. The molecule has 17 heavy (non-hydrogen) atoms. The van der Waals surface area contributed by atoms with E-state index < -0.39 is 0 Å². The molecule has 1 heterocycles. The summed E-state index contributed by atoms with van der Waals surface area (Å²) in [6.07, 6.45) is 8.08. The lowest BCUT2D eigenvalue weighted by molar-refractivity contribution is 0.0173. The van der Waals surface area contributed by atoms with Crippen LogP contribution in [0.25, 0.3) is 0 Å². The molecule has 1 saturated heterocycles. The van der Waals surface area contributed by atoms with Crippen molar-refractivity contribution in [2.24, 2.45) is 23.0 Å². The second-order valence-corrected chi connectivity index (χ2v) is 6.40. The molecule has 0 bridgehead atoms. The summed E-state index contributed by atoms with van der Waals surface area (Å²) in [5.74, 6) is 1.97. The molecule has 2 saturated carbocycles. The van der Waals surface area contributed by atoms with E-state index in [9.17, 15) is 0 Å². The Labute approximate surface area is 104 Å². The summed E-state index contributed by atoms with van der Waals surface area (Å²) >= 11 is 0. The first-order valence-corrected chi connectivity index (χ1v) is 7.34. The van der Waals surface area contributed by atoms with Crippen LogP contribution in [0.15, 0.2) is 0 Å². The van der Waals surface area contributed by atoms with E-state index in [1.165, 1.54) is 25.7 Å². The average molecular weight is 238 g/mol. The highest BCUT2D eigenvalue weighted by Gasteiger charge is 2.42. The lowest BCUT2D eigenvalue weighted by Crippen LogP contribution is -2.48. The average Bonchev–Trinajstić information content (AvgIpc) is 3.24. The first-order chi connectivity index (χ1) is 8.33. The van der Waals surface area contributed by atoms with Crippen molar-refractivity contribution in [1.82, 2.24) is 5.32 Å². The predicted molar refractivity (Wildman–Crippen MR) is 68.8 cm³/mol. The quantitative estimate of drug-likeness (QED) is 0.737. The molecule has 3 rings (SSSR count). The molecule has 98 valence electrons. The molecular formula is C14H26N2O. The Morgan fingerprint density at radius 3 is 2.18 bits per heavy atom. The molecule has 3 heteroatoms. The van der Waals surface area contributed by atoms with E-state index in [0.717, 1.165) is 57.0 Å². The Kier molecular flexibility index (Phi) is 3.42. The smallest absolute Gasteiger partial charge is 0.0472 e. The van der Waals surface area contributed by atoms with Crippen molar-refractivity contribution in [3.05, 3.63) is 0 Å². The van der Waals surface area contributed by atoms with Crippen molar-refractivity contribution in [3.63, 3.8) is 0 Å². The van der Waals surface area contributed by atoms with Crippen LogP contribution in [-0.2, 0) is 4.74 Å². The van der Waals surface area contributed by atoms with Crippen LogP contribution < -0.4 is 11.1 Å². The van der Waals surface area contributed by atoms with Gasteiger partial charge in [-0.15, -0.1) is 0 Å². The van der Waals surface area contributed by atoms with Gasteiger partial charge in [-0.2, -0.15) is 0 Å². The van der Waals surface area contributed by atoms with Crippen LogP contribution in [0.3, 0.4) is 0 Å². The SMILES string of the molecule is NCC1(CNC(C2CC2)C2CC2)CCOCC1. The van der Waals surface area contributed by atoms with E-state index in [0.29, 0.717) is 5.41 Å². The molecule has 0 aromatic carbocycles. The maximum atomic E-state index is 6.01. The molecule has 0 spiro atoms. The highest BCUT2D eigenvalue weighted by atomic mass is 16.5. The summed E-state index contributed by atoms with van der Waals surface area (Å²) in [6, 6.07) is 0.807. The molecule has 2 aliphatic carbocycles. The van der Waals surface area contributed by atoms with Crippen molar-refractivity contribution in [2.45, 2.75) is 44.6 Å². The maximum Gasteiger partial charge on any atom is 0.0472 e. The van der Waals surface area contributed by atoms with Gasteiger partial charge in [-0.05, 0) is 62.3 Å². The van der Waals surface area contributed by atoms with Gasteiger partial charge in [0.15, 0.2) is 0 Å². The zero-order chi connectivity index (χ0) is 11.7. The van der Waals surface area contributed by atoms with Crippen molar-refractivity contribution in [2.75, 3.05) is 26.3 Å². The summed E-state index contributed by atoms with van der Waals surface area (Å²) in [5.41, 5.74) is 6.33. The molecule has 0 aromatic heterocycles. The number of ether oxygens (including phenoxy) is 1. The number of hydrogen-bond acceptors (Lipinski definition) is 3. The Balaban J connectivity index is 1.53. The topological polar surface area (TPSA) is 47.3 Å². The Bertz CT molecular complexity index is 243. The lowest BCUT2D eigenvalue weighted by atomic mass is 9.80. The van der Waals surface area contributed by atoms with Crippen LogP contribution in [0.5, 0.6) is 0 Å². The molecule has 0 amide bonds. The number of nitrogens with two attached hydrogens (primary N) is 1. The van der Waals surface area contributed by atoms with Gasteiger partial charge in [-0.3, -0.25) is 0 Å². The fourth-order valence-corrected chi connectivity index (χ4v) is 3.22. The fourth-order valence-electron chi connectivity index (χ4n) is 3.22. The first-order valence-electron chi connectivity index (χ1n) is 7.34. The van der Waals surface area contributed by atoms with Crippen LogP contribution in [-0.4, -0.2) is 32.3 Å². The van der Waals surface area contributed by atoms with Gasteiger partial charge in [-0.25, -0.2) is 0 Å². The van der Waals surface area contributed by atoms with Crippen molar-refractivity contribution in [3.8, 4) is 0 Å². The van der Waals surface area contributed by atoms with E-state index >= 15 is 0 Å². The summed E-state index contributed by atoms with van der Waals surface area (Å²) in [6.45, 7) is 3.72. The minimum absolute atomic E-state index is 0.320. The molecule has 1 aliphatic heterocycles. The normalized spacial score (nSPS) is 28.6. The number of nitrogens with one attached hydrogen (secondary N) is 1. The summed E-state index contributed by atoms with van der Waals surface area (Å²) in [4.78, 5) is 0. The molecular weight excluding hydrogens is 212 g/mol. The van der Waals surface area contributed by atoms with Crippen molar-refractivity contribution < 1.29 is 4.74 Å². The minimum Gasteiger partial charge on any atom is -0.381 e. The zero-order valence-corrected chi connectivity index (χ0v) is 10.8. The first kappa shape index (κ1) is 11.9. The fraction of sp³-hybridized carbons (Fsp3) is 1.00. The second kappa shape index (κ2) is 4.87. The van der Waals surface area contributed by atoms with Gasteiger partial charge in [0, 0.05) is 25.8 Å². The maximum absolute atomic E-state index is 6.01. The van der Waals surface area contributed by atoms with E-state index in [1.807, 2.05) is 0 Å². The van der Waals surface area contributed by atoms with Gasteiger partial charge in [0.1, 0.15) is 0 Å². The number of rotatable bonds is 6. The summed E-state index contributed by atoms with van der Waals surface area (Å²) in [7, 11) is 0. The van der Waals surface area contributed by atoms with Gasteiger partial charge in [0.2, 0.25) is 0 Å². The van der Waals surface area contributed by atoms with Crippen LogP contribution in [0.2, 0.25) is 0 Å². The standard InChI is InChI=1S/C14H26N2O/c15-9-14(5-7-17-8-6-14)10-16-13(11-1-2-11)12-3-4-12/h11-13,16H,1-10,15H2. The van der Waals surface area contributed by atoms with Gasteiger partial charge in [0.25, 0.3) is 0 Å². The summed E-state index contributed by atoms with van der Waals surface area (Å²) in [5, 5.41) is 3.87. The third-order valence-electron chi connectivity index (χ3n) is 4.96. The third-order valence-corrected chi connectivity index (χ3v) is 4.96. The largest absolute Gasteiger partial charge is 0.381 e. The molecule has 0 atom stereocenters. The lowest BCUT2D eigenvalue weighted by Gasteiger charge is -2.37. The zero-order valence-electron chi connectivity index (χ0n) is 10.8.